The Morgan fingerprint density at radius 3 is 2.83 bits per heavy atom. The van der Waals surface area contributed by atoms with Crippen LogP contribution in [-0.4, -0.2) is 29.8 Å². The van der Waals surface area contributed by atoms with Crippen molar-refractivity contribution >= 4 is 11.8 Å². The van der Waals surface area contributed by atoms with E-state index in [1.807, 2.05) is 13.2 Å². The highest BCUT2D eigenvalue weighted by atomic mass is 32.2. The molecule has 0 aliphatic heterocycles. The van der Waals surface area contributed by atoms with E-state index in [9.17, 15) is 0 Å². The van der Waals surface area contributed by atoms with E-state index >= 15 is 0 Å². The molecule has 0 saturated heterocycles. The van der Waals surface area contributed by atoms with Crippen molar-refractivity contribution in [1.82, 2.24) is 29.8 Å². The molecule has 1 aliphatic rings. The van der Waals surface area contributed by atoms with Gasteiger partial charge in [0.2, 0.25) is 0 Å². The molecular weight excluding hydrogens is 250 g/mol. The van der Waals surface area contributed by atoms with Gasteiger partial charge in [0.05, 0.1) is 12.2 Å². The maximum atomic E-state index is 5.68. The summed E-state index contributed by atoms with van der Waals surface area (Å²) in [4.78, 5) is 0. The van der Waals surface area contributed by atoms with Crippen molar-refractivity contribution in [2.24, 2.45) is 12.8 Å². The summed E-state index contributed by atoms with van der Waals surface area (Å²) >= 11 is 1.64. The predicted molar refractivity (Wildman–Crippen MR) is 66.7 cm³/mol. The van der Waals surface area contributed by atoms with Crippen molar-refractivity contribution < 1.29 is 0 Å². The Hall–Kier alpha value is -1.41. The Kier molecular flexibility index (Phi) is 3.04. The second-order valence-electron chi connectivity index (χ2n) is 4.38. The van der Waals surface area contributed by atoms with Crippen molar-refractivity contribution in [3.8, 4) is 0 Å². The van der Waals surface area contributed by atoms with Gasteiger partial charge in [-0.05, 0) is 12.8 Å². The normalized spacial score (nSPS) is 15.2. The van der Waals surface area contributed by atoms with Crippen LogP contribution in [-0.2, 0) is 19.3 Å². The fraction of sp³-hybridized carbons (Fsp3) is 0.600. The summed E-state index contributed by atoms with van der Waals surface area (Å²) < 4.78 is 3.87. The Bertz CT molecular complexity index is 542. The largest absolute Gasteiger partial charge is 0.324 e. The van der Waals surface area contributed by atoms with Gasteiger partial charge in [0.25, 0.3) is 0 Å². The first-order valence-corrected chi connectivity index (χ1v) is 6.88. The smallest absolute Gasteiger partial charge is 0.191 e. The van der Waals surface area contributed by atoms with Crippen LogP contribution in [0.4, 0.5) is 0 Å². The lowest BCUT2D eigenvalue weighted by Gasteiger charge is -2.06. The van der Waals surface area contributed by atoms with Crippen LogP contribution in [0.25, 0.3) is 0 Å². The highest BCUT2D eigenvalue weighted by Crippen LogP contribution is 2.39. The fourth-order valence-electron chi connectivity index (χ4n) is 1.84. The molecule has 2 aromatic rings. The maximum absolute atomic E-state index is 5.68. The zero-order chi connectivity index (χ0) is 12.5. The third kappa shape index (κ3) is 2.25. The second-order valence-corrected chi connectivity index (χ2v) is 5.32. The molecule has 0 bridgehead atoms. The van der Waals surface area contributed by atoms with Crippen LogP contribution in [0.15, 0.2) is 11.4 Å². The van der Waals surface area contributed by atoms with Gasteiger partial charge in [0.1, 0.15) is 5.82 Å². The van der Waals surface area contributed by atoms with E-state index < -0.39 is 0 Å². The first-order valence-electron chi connectivity index (χ1n) is 5.89. The van der Waals surface area contributed by atoms with Crippen LogP contribution in [0, 0.1) is 0 Å². The summed E-state index contributed by atoms with van der Waals surface area (Å²) in [6.07, 6.45) is 4.31. The molecule has 8 heteroatoms. The molecule has 1 fully saturated rings. The molecule has 1 aliphatic carbocycles. The average Bonchev–Trinajstić information content (AvgIpc) is 2.99. The number of rotatable bonds is 5. The van der Waals surface area contributed by atoms with Gasteiger partial charge in [-0.15, -0.1) is 15.3 Å². The van der Waals surface area contributed by atoms with Gasteiger partial charge >= 0.3 is 0 Å². The molecule has 0 radical (unpaired) electrons. The van der Waals surface area contributed by atoms with Crippen LogP contribution in [0.2, 0.25) is 0 Å². The Morgan fingerprint density at radius 1 is 1.39 bits per heavy atom. The molecular formula is C10H15N7S. The van der Waals surface area contributed by atoms with E-state index in [2.05, 4.69) is 25.1 Å². The van der Waals surface area contributed by atoms with E-state index in [4.69, 9.17) is 5.73 Å². The fourth-order valence-corrected chi connectivity index (χ4v) is 2.75. The van der Waals surface area contributed by atoms with Gasteiger partial charge < -0.3 is 10.3 Å². The number of aryl methyl sites for hydroxylation is 1. The van der Waals surface area contributed by atoms with Gasteiger partial charge in [0.15, 0.2) is 5.16 Å². The topological polar surface area (TPSA) is 87.4 Å². The predicted octanol–water partition coefficient (Wildman–Crippen LogP) is 0.492. The van der Waals surface area contributed by atoms with Crippen LogP contribution in [0.5, 0.6) is 0 Å². The van der Waals surface area contributed by atoms with Crippen molar-refractivity contribution in [2.75, 3.05) is 0 Å². The minimum absolute atomic E-state index is 0.440. The molecule has 7 nitrogen and oxygen atoms in total. The van der Waals surface area contributed by atoms with Crippen LogP contribution in [0.3, 0.4) is 0 Å². The Labute approximate surface area is 109 Å². The standard InChI is InChI=1S/C10H15N7S/c1-16-5-7(12-15-16)6-18-10-14-13-9(4-11)17(10)8-2-3-8/h5,8H,2-4,6,11H2,1H3. The summed E-state index contributed by atoms with van der Waals surface area (Å²) in [5.41, 5.74) is 6.63. The lowest BCUT2D eigenvalue weighted by Crippen LogP contribution is -2.08. The average molecular weight is 265 g/mol. The van der Waals surface area contributed by atoms with Gasteiger partial charge in [-0.2, -0.15) is 0 Å². The van der Waals surface area contributed by atoms with Crippen molar-refractivity contribution in [3.63, 3.8) is 0 Å². The summed E-state index contributed by atoms with van der Waals surface area (Å²) in [5, 5.41) is 17.3. The van der Waals surface area contributed by atoms with Crippen molar-refractivity contribution in [1.29, 1.82) is 0 Å². The van der Waals surface area contributed by atoms with E-state index in [0.29, 0.717) is 12.6 Å². The molecule has 0 amide bonds. The Balaban J connectivity index is 1.74. The monoisotopic (exact) mass is 265 g/mol. The van der Waals surface area contributed by atoms with Crippen molar-refractivity contribution in [2.45, 2.75) is 36.3 Å². The number of thioether (sulfide) groups is 1. The third-order valence-corrected chi connectivity index (χ3v) is 3.81. The first kappa shape index (κ1) is 11.7. The number of aromatic nitrogens is 6. The number of nitrogens with zero attached hydrogens (tertiary/aromatic N) is 6. The SMILES string of the molecule is Cn1cc(CSc2nnc(CN)n2C2CC2)nn1. The van der Waals surface area contributed by atoms with E-state index in [0.717, 1.165) is 22.4 Å². The van der Waals surface area contributed by atoms with Gasteiger partial charge in [-0.1, -0.05) is 17.0 Å². The number of hydrogen-bond donors (Lipinski definition) is 1. The lowest BCUT2D eigenvalue weighted by atomic mass is 10.5. The van der Waals surface area contributed by atoms with Gasteiger partial charge in [0, 0.05) is 25.0 Å². The number of nitrogens with two attached hydrogens (primary N) is 1. The summed E-state index contributed by atoms with van der Waals surface area (Å²) in [6.45, 7) is 0.440. The number of hydrogen-bond acceptors (Lipinski definition) is 6. The molecule has 2 heterocycles. The molecule has 0 aromatic carbocycles. The third-order valence-electron chi connectivity index (χ3n) is 2.83. The molecule has 2 aromatic heterocycles. The molecule has 18 heavy (non-hydrogen) atoms. The summed E-state index contributed by atoms with van der Waals surface area (Å²) in [7, 11) is 1.86. The molecule has 96 valence electrons. The first-order chi connectivity index (χ1) is 8.78. The molecule has 0 spiro atoms. The molecule has 0 unspecified atom stereocenters. The molecule has 2 N–H and O–H groups in total. The zero-order valence-electron chi connectivity index (χ0n) is 10.2. The lowest BCUT2D eigenvalue weighted by molar-refractivity contribution is 0.626. The minimum Gasteiger partial charge on any atom is -0.324 e. The van der Waals surface area contributed by atoms with Crippen LogP contribution in [0.1, 0.15) is 30.4 Å². The summed E-state index contributed by atoms with van der Waals surface area (Å²) in [6, 6.07) is 0.544. The quantitative estimate of drug-likeness (QED) is 0.792. The highest BCUT2D eigenvalue weighted by molar-refractivity contribution is 7.98. The molecule has 1 saturated carbocycles. The van der Waals surface area contributed by atoms with E-state index in [1.165, 1.54) is 12.8 Å². The Morgan fingerprint density at radius 2 is 2.22 bits per heavy atom. The summed E-state index contributed by atoms with van der Waals surface area (Å²) in [5.74, 6) is 1.63. The zero-order valence-corrected chi connectivity index (χ0v) is 11.0. The van der Waals surface area contributed by atoms with Gasteiger partial charge in [-0.3, -0.25) is 4.68 Å². The van der Waals surface area contributed by atoms with Crippen LogP contribution < -0.4 is 5.73 Å². The molecule has 0 atom stereocenters. The van der Waals surface area contributed by atoms with E-state index in [-0.39, 0.29) is 0 Å². The van der Waals surface area contributed by atoms with Crippen molar-refractivity contribution in [3.05, 3.63) is 17.7 Å². The maximum Gasteiger partial charge on any atom is 0.191 e. The van der Waals surface area contributed by atoms with Crippen LogP contribution >= 0.6 is 11.8 Å². The second kappa shape index (κ2) is 4.69. The highest BCUT2D eigenvalue weighted by Gasteiger charge is 2.29. The van der Waals surface area contributed by atoms with Gasteiger partial charge in [-0.25, -0.2) is 0 Å². The van der Waals surface area contributed by atoms with E-state index in [1.54, 1.807) is 16.4 Å². The minimum atomic E-state index is 0.440. The molecule has 3 rings (SSSR count).